The van der Waals surface area contributed by atoms with Crippen molar-refractivity contribution in [2.75, 3.05) is 9.80 Å². The van der Waals surface area contributed by atoms with Crippen LogP contribution in [0.5, 0.6) is 0 Å². The van der Waals surface area contributed by atoms with Gasteiger partial charge in [-0.05, 0) is 166 Å². The maximum atomic E-state index is 6.54. The third kappa shape index (κ3) is 12.5. The Hall–Kier alpha value is -16.0. The Labute approximate surface area is 738 Å². The molecule has 20 aromatic carbocycles. The average Bonchev–Trinajstić information content (AvgIpc) is 1.54. The highest BCUT2D eigenvalue weighted by Crippen LogP contribution is 2.61. The zero-order valence-corrected chi connectivity index (χ0v) is 69.9. The number of thiophene rings is 1. The minimum Gasteiger partial charge on any atom is -0.455 e. The molecule has 126 heavy (non-hydrogen) atoms. The van der Waals surface area contributed by atoms with Crippen molar-refractivity contribution in [2.45, 2.75) is 10.8 Å². The molecule has 0 unspecified atom stereocenters. The largest absolute Gasteiger partial charge is 0.455 e. The molecule has 0 fully saturated rings. The average molecular weight is 1620 g/mol. The van der Waals surface area contributed by atoms with Gasteiger partial charge >= 0.3 is 0 Å². The fraction of sp³-hybridized carbons (Fsp3) is 0.0164. The van der Waals surface area contributed by atoms with E-state index in [2.05, 4.69) is 495 Å². The van der Waals surface area contributed by atoms with E-state index in [9.17, 15) is 0 Å². The van der Waals surface area contributed by atoms with Crippen LogP contribution in [0.15, 0.2) is 502 Å². The van der Waals surface area contributed by atoms with Crippen molar-refractivity contribution in [2.24, 2.45) is 0 Å². The molecule has 0 aliphatic heterocycles. The number of para-hydroxylation sites is 4. The quantitative estimate of drug-likeness (QED) is 0.0961. The second kappa shape index (κ2) is 31.8. The van der Waals surface area contributed by atoms with Crippen LogP contribution in [0, 0.1) is 0 Å². The van der Waals surface area contributed by atoms with E-state index in [-0.39, 0.29) is 0 Å². The van der Waals surface area contributed by atoms with E-state index < -0.39 is 10.8 Å². The van der Waals surface area contributed by atoms with Crippen LogP contribution < -0.4 is 9.80 Å². The van der Waals surface area contributed by atoms with E-state index in [0.717, 1.165) is 101 Å². The SMILES string of the molecule is c1ccc(-c2cccc(-c3ccccc3)c2N(c2ccc(-c3cccc4c3oc3ccccc34)cc2)c2ccc3c(c2)C(c2ccccc2)(c2ccccc2)c2ccccc2-3)cc1.c1ccc(-c2cccc(-c3ccccc3)c2N(c2ccc(-c3cccc4c3sc3ccccc34)cc2)c2ccc3c(c2)C(c2ccccc2)(c2ccccc2)c2ccccc2-3)cc1. The lowest BCUT2D eigenvalue weighted by atomic mass is 9.67. The zero-order valence-electron chi connectivity index (χ0n) is 69.1. The molecular formula is C122H82N2OS. The highest BCUT2D eigenvalue weighted by molar-refractivity contribution is 7.26. The second-order valence-electron chi connectivity index (χ2n) is 32.7. The highest BCUT2D eigenvalue weighted by atomic mass is 32.1. The van der Waals surface area contributed by atoms with Crippen LogP contribution in [0.3, 0.4) is 0 Å². The van der Waals surface area contributed by atoms with Gasteiger partial charge in [0.05, 0.1) is 22.2 Å². The smallest absolute Gasteiger partial charge is 0.143 e. The number of furan rings is 1. The van der Waals surface area contributed by atoms with Gasteiger partial charge in [-0.2, -0.15) is 0 Å². The van der Waals surface area contributed by atoms with E-state index in [1.165, 1.54) is 109 Å². The first kappa shape index (κ1) is 75.0. The molecule has 22 aromatic rings. The Morgan fingerprint density at radius 1 is 0.190 bits per heavy atom. The molecule has 0 bridgehead atoms. The number of nitrogens with zero attached hydrogens (tertiary/aromatic N) is 2. The normalized spacial score (nSPS) is 12.6. The summed E-state index contributed by atoms with van der Waals surface area (Å²) in [6, 6.07) is 182. The number of hydrogen-bond acceptors (Lipinski definition) is 4. The lowest BCUT2D eigenvalue weighted by Gasteiger charge is -2.35. The van der Waals surface area contributed by atoms with Crippen molar-refractivity contribution >= 4 is 87.6 Å². The summed E-state index contributed by atoms with van der Waals surface area (Å²) in [5.41, 5.74) is 36.3. The summed E-state index contributed by atoms with van der Waals surface area (Å²) in [5, 5.41) is 4.87. The summed E-state index contributed by atoms with van der Waals surface area (Å²) < 4.78 is 9.17. The maximum absolute atomic E-state index is 6.54. The van der Waals surface area contributed by atoms with Gasteiger partial charge in [-0.3, -0.25) is 0 Å². The van der Waals surface area contributed by atoms with Gasteiger partial charge in [0.15, 0.2) is 0 Å². The first-order valence-electron chi connectivity index (χ1n) is 43.3. The first-order chi connectivity index (χ1) is 62.5. The zero-order chi connectivity index (χ0) is 83.5. The molecule has 0 saturated heterocycles. The Morgan fingerprint density at radius 2 is 0.484 bits per heavy atom. The minimum absolute atomic E-state index is 0.538. The Kier molecular flexibility index (Phi) is 18.9. The number of fused-ring (bicyclic) bond motifs is 12. The van der Waals surface area contributed by atoms with Gasteiger partial charge in [0.2, 0.25) is 0 Å². The molecule has 0 radical (unpaired) electrons. The minimum atomic E-state index is -0.549. The van der Waals surface area contributed by atoms with Gasteiger partial charge in [0.25, 0.3) is 0 Å². The number of rotatable bonds is 16. The third-order valence-corrected chi connectivity index (χ3v) is 27.2. The van der Waals surface area contributed by atoms with Gasteiger partial charge < -0.3 is 14.2 Å². The van der Waals surface area contributed by atoms with E-state index in [4.69, 9.17) is 4.42 Å². The monoisotopic (exact) mass is 1620 g/mol. The molecule has 2 aromatic heterocycles. The van der Waals surface area contributed by atoms with Crippen LogP contribution in [0.4, 0.5) is 34.1 Å². The van der Waals surface area contributed by atoms with Crippen LogP contribution in [0.1, 0.15) is 44.5 Å². The fourth-order valence-electron chi connectivity index (χ4n) is 20.5. The topological polar surface area (TPSA) is 19.6 Å². The predicted octanol–water partition coefficient (Wildman–Crippen LogP) is 33.3. The Balaban J connectivity index is 0.000000145. The molecule has 0 N–H and O–H groups in total. The summed E-state index contributed by atoms with van der Waals surface area (Å²) >= 11 is 1.88. The molecule has 592 valence electrons. The van der Waals surface area contributed by atoms with Gasteiger partial charge in [0.1, 0.15) is 11.2 Å². The van der Waals surface area contributed by atoms with Crippen molar-refractivity contribution in [3.8, 4) is 89.0 Å². The molecule has 3 nitrogen and oxygen atoms in total. The lowest BCUT2D eigenvalue weighted by Crippen LogP contribution is -2.28. The van der Waals surface area contributed by atoms with Crippen molar-refractivity contribution in [3.05, 3.63) is 542 Å². The first-order valence-corrected chi connectivity index (χ1v) is 44.2. The number of benzene rings is 20. The van der Waals surface area contributed by atoms with Crippen molar-refractivity contribution in [1.29, 1.82) is 0 Å². The molecule has 0 amide bonds. The highest BCUT2D eigenvalue weighted by Gasteiger charge is 2.48. The lowest BCUT2D eigenvalue weighted by molar-refractivity contribution is 0.670. The molecule has 0 atom stereocenters. The van der Waals surface area contributed by atoms with Crippen LogP contribution in [0.25, 0.3) is 131 Å². The molecule has 2 heterocycles. The Morgan fingerprint density at radius 3 is 0.913 bits per heavy atom. The summed E-state index contributed by atoms with van der Waals surface area (Å²) in [5.74, 6) is 0. The van der Waals surface area contributed by atoms with Crippen LogP contribution in [-0.2, 0) is 10.8 Å². The van der Waals surface area contributed by atoms with Gasteiger partial charge in [-0.25, -0.2) is 0 Å². The molecule has 0 spiro atoms. The van der Waals surface area contributed by atoms with Crippen LogP contribution in [0.2, 0.25) is 0 Å². The van der Waals surface area contributed by atoms with Gasteiger partial charge in [-0.1, -0.05) is 437 Å². The van der Waals surface area contributed by atoms with Crippen molar-refractivity contribution in [1.82, 2.24) is 0 Å². The van der Waals surface area contributed by atoms with Crippen molar-refractivity contribution < 1.29 is 4.42 Å². The molecule has 0 saturated carbocycles. The molecule has 4 heteroatoms. The summed E-state index contributed by atoms with van der Waals surface area (Å²) in [6.07, 6.45) is 0. The summed E-state index contributed by atoms with van der Waals surface area (Å²) in [4.78, 5) is 5.00. The fourth-order valence-corrected chi connectivity index (χ4v) is 21.7. The maximum Gasteiger partial charge on any atom is 0.143 e. The number of anilines is 6. The Bertz CT molecular complexity index is 7130. The second-order valence-corrected chi connectivity index (χ2v) is 33.8. The molecule has 24 rings (SSSR count). The van der Waals surface area contributed by atoms with Crippen LogP contribution >= 0.6 is 11.3 Å². The van der Waals surface area contributed by atoms with E-state index >= 15 is 0 Å². The molecule has 2 aliphatic rings. The van der Waals surface area contributed by atoms with E-state index in [0.29, 0.717) is 0 Å². The molecule has 2 aliphatic carbocycles. The number of hydrogen-bond donors (Lipinski definition) is 0. The van der Waals surface area contributed by atoms with Gasteiger partial charge in [-0.15, -0.1) is 11.3 Å². The predicted molar refractivity (Wildman–Crippen MR) is 530 cm³/mol. The molecular weight excluding hydrogens is 1540 g/mol. The third-order valence-electron chi connectivity index (χ3n) is 25.9. The van der Waals surface area contributed by atoms with Crippen LogP contribution in [-0.4, -0.2) is 0 Å². The van der Waals surface area contributed by atoms with Crippen molar-refractivity contribution in [3.63, 3.8) is 0 Å². The van der Waals surface area contributed by atoms with E-state index in [1.54, 1.807) is 0 Å². The standard InChI is InChI=1S/C61H41NO.C61H41NS/c2*1-5-19-42(20-6-1)49-29-17-30-50(43-21-7-2-8-22-43)59(49)62(47-37-35-44(36-38-47)51-31-18-32-55-54-28-14-16-34-58(54)63-60(51)55)48-39-40-53-52-27-13-15-33-56(52)61(57(53)41-48,45-23-9-3-10-24-45)46-25-11-4-12-26-46/h2*1-41H. The summed E-state index contributed by atoms with van der Waals surface area (Å²) in [6.45, 7) is 0. The van der Waals surface area contributed by atoms with E-state index in [1.807, 2.05) is 23.5 Å². The van der Waals surface area contributed by atoms with Gasteiger partial charge in [0, 0.05) is 81.5 Å². The summed E-state index contributed by atoms with van der Waals surface area (Å²) in [7, 11) is 0.